The molecule has 68 valence electrons. The first-order valence-electron chi connectivity index (χ1n) is 4.32. The van der Waals surface area contributed by atoms with E-state index in [-0.39, 0.29) is 0 Å². The molecule has 0 amide bonds. The summed E-state index contributed by atoms with van der Waals surface area (Å²) in [4.78, 5) is 4.98. The summed E-state index contributed by atoms with van der Waals surface area (Å²) in [6.07, 6.45) is 5.50. The molecule has 0 fully saturated rings. The van der Waals surface area contributed by atoms with Gasteiger partial charge in [-0.25, -0.2) is 4.21 Å². The number of pyridine rings is 1. The van der Waals surface area contributed by atoms with Gasteiger partial charge in [-0.1, -0.05) is 6.07 Å². The van der Waals surface area contributed by atoms with E-state index in [4.69, 9.17) is 0 Å². The number of aromatic nitrogens is 1. The first kappa shape index (κ1) is 7.88. The quantitative estimate of drug-likeness (QED) is 0.654. The molecule has 0 bridgehead atoms. The Morgan fingerprint density at radius 3 is 3.07 bits per heavy atom. The first-order valence-corrected chi connectivity index (χ1v) is 5.53. The third kappa shape index (κ3) is 0.960. The van der Waals surface area contributed by atoms with Crippen LogP contribution in [0.2, 0.25) is 0 Å². The summed E-state index contributed by atoms with van der Waals surface area (Å²) in [7, 11) is -0.962. The van der Waals surface area contributed by atoms with Crippen LogP contribution in [0, 0.1) is 0 Å². The van der Waals surface area contributed by atoms with Crippen LogP contribution >= 0.6 is 0 Å². The lowest BCUT2D eigenvalue weighted by molar-refractivity contribution is 0.689. The SMILES string of the molecule is O=S1C=Cc2c1ccc1ccncc21. The molecule has 1 unspecified atom stereocenters. The molecule has 14 heavy (non-hydrogen) atoms. The van der Waals surface area contributed by atoms with Gasteiger partial charge in [0.25, 0.3) is 0 Å². The monoisotopic (exact) mass is 201 g/mol. The lowest BCUT2D eigenvalue weighted by Gasteiger charge is -2.02. The molecule has 2 nitrogen and oxygen atoms in total. The summed E-state index contributed by atoms with van der Waals surface area (Å²) in [5.74, 6) is 0. The Morgan fingerprint density at radius 2 is 2.14 bits per heavy atom. The molecule has 2 heterocycles. The van der Waals surface area contributed by atoms with Gasteiger partial charge in [-0.05, 0) is 23.6 Å². The van der Waals surface area contributed by atoms with E-state index < -0.39 is 10.8 Å². The van der Waals surface area contributed by atoms with Crippen molar-refractivity contribution in [3.05, 3.63) is 41.6 Å². The summed E-state index contributed by atoms with van der Waals surface area (Å²) >= 11 is 0. The van der Waals surface area contributed by atoms with Crippen molar-refractivity contribution in [1.29, 1.82) is 0 Å². The molecule has 0 saturated heterocycles. The van der Waals surface area contributed by atoms with E-state index in [1.54, 1.807) is 11.6 Å². The van der Waals surface area contributed by atoms with E-state index in [0.717, 1.165) is 21.2 Å². The van der Waals surface area contributed by atoms with Crippen LogP contribution in [0.3, 0.4) is 0 Å². The molecule has 0 N–H and O–H groups in total. The van der Waals surface area contributed by atoms with Crippen LogP contribution in [0.25, 0.3) is 16.8 Å². The number of nitrogens with zero attached hydrogens (tertiary/aromatic N) is 1. The van der Waals surface area contributed by atoms with E-state index >= 15 is 0 Å². The predicted octanol–water partition coefficient (Wildman–Crippen LogP) is 2.33. The Bertz CT molecular complexity index is 575. The molecule has 0 spiro atoms. The third-order valence-corrected chi connectivity index (χ3v) is 3.57. The average molecular weight is 201 g/mol. The zero-order valence-corrected chi connectivity index (χ0v) is 8.12. The largest absolute Gasteiger partial charge is 0.264 e. The molecule has 1 aromatic heterocycles. The fourth-order valence-corrected chi connectivity index (χ4v) is 2.72. The van der Waals surface area contributed by atoms with Crippen molar-refractivity contribution in [3.8, 4) is 0 Å². The number of hydrogen-bond donors (Lipinski definition) is 0. The smallest absolute Gasteiger partial charge is 0.0782 e. The van der Waals surface area contributed by atoms with E-state index in [2.05, 4.69) is 4.98 Å². The Labute approximate surface area is 83.7 Å². The van der Waals surface area contributed by atoms with Gasteiger partial charge in [0.1, 0.15) is 0 Å². The second-order valence-electron chi connectivity index (χ2n) is 3.17. The van der Waals surface area contributed by atoms with Crippen molar-refractivity contribution in [3.63, 3.8) is 0 Å². The van der Waals surface area contributed by atoms with Crippen molar-refractivity contribution in [2.45, 2.75) is 4.90 Å². The average Bonchev–Trinajstić information content (AvgIpc) is 2.61. The Morgan fingerprint density at radius 1 is 1.21 bits per heavy atom. The van der Waals surface area contributed by atoms with Crippen molar-refractivity contribution in [2.75, 3.05) is 0 Å². The van der Waals surface area contributed by atoms with E-state index in [1.165, 1.54) is 0 Å². The lowest BCUT2D eigenvalue weighted by atomic mass is 10.1. The summed E-state index contributed by atoms with van der Waals surface area (Å²) in [5.41, 5.74) is 1.05. The molecule has 2 aromatic rings. The van der Waals surface area contributed by atoms with Gasteiger partial charge in [0, 0.05) is 28.8 Å². The highest BCUT2D eigenvalue weighted by molar-refractivity contribution is 7.88. The Hall–Kier alpha value is -1.48. The number of hydrogen-bond acceptors (Lipinski definition) is 2. The molecule has 3 heteroatoms. The predicted molar refractivity (Wildman–Crippen MR) is 57.2 cm³/mol. The number of rotatable bonds is 0. The summed E-state index contributed by atoms with van der Waals surface area (Å²) in [6, 6.07) is 5.87. The molecule has 0 radical (unpaired) electrons. The minimum atomic E-state index is -0.962. The van der Waals surface area contributed by atoms with Gasteiger partial charge >= 0.3 is 0 Å². The minimum Gasteiger partial charge on any atom is -0.264 e. The van der Waals surface area contributed by atoms with Gasteiger partial charge in [-0.2, -0.15) is 0 Å². The van der Waals surface area contributed by atoms with E-state index in [0.29, 0.717) is 0 Å². The summed E-state index contributed by atoms with van der Waals surface area (Å²) < 4.78 is 11.5. The molecule has 1 aliphatic rings. The van der Waals surface area contributed by atoms with Crippen molar-refractivity contribution in [2.24, 2.45) is 0 Å². The molecule has 0 aliphatic carbocycles. The second-order valence-corrected chi connectivity index (χ2v) is 4.48. The van der Waals surface area contributed by atoms with Gasteiger partial charge < -0.3 is 0 Å². The lowest BCUT2D eigenvalue weighted by Crippen LogP contribution is -1.86. The van der Waals surface area contributed by atoms with Gasteiger partial charge in [0.05, 0.1) is 15.7 Å². The molecule has 0 saturated carbocycles. The number of fused-ring (bicyclic) bond motifs is 3. The fraction of sp³-hybridized carbons (Fsp3) is 0. The molecular formula is C11H7NOS. The van der Waals surface area contributed by atoms with E-state index in [1.807, 2.05) is 30.5 Å². The maximum Gasteiger partial charge on any atom is 0.0782 e. The fourth-order valence-electron chi connectivity index (χ4n) is 1.71. The first-order chi connectivity index (χ1) is 6.86. The second kappa shape index (κ2) is 2.75. The topological polar surface area (TPSA) is 30.0 Å². The summed E-state index contributed by atoms with van der Waals surface area (Å²) in [6.45, 7) is 0. The minimum absolute atomic E-state index is 0.894. The van der Waals surface area contributed by atoms with Crippen LogP contribution in [-0.2, 0) is 10.8 Å². The van der Waals surface area contributed by atoms with Crippen molar-refractivity contribution < 1.29 is 4.21 Å². The van der Waals surface area contributed by atoms with Gasteiger partial charge in [0.2, 0.25) is 0 Å². The van der Waals surface area contributed by atoms with Crippen molar-refractivity contribution >= 4 is 27.6 Å². The standard InChI is InChI=1S/C11H7NOS/c13-14-6-4-9-10-7-12-5-3-8(10)1-2-11(9)14/h1-7H. The zero-order chi connectivity index (χ0) is 9.54. The van der Waals surface area contributed by atoms with Crippen LogP contribution in [-0.4, -0.2) is 9.19 Å². The highest BCUT2D eigenvalue weighted by Crippen LogP contribution is 2.30. The van der Waals surface area contributed by atoms with Crippen LogP contribution < -0.4 is 0 Å². The van der Waals surface area contributed by atoms with Crippen LogP contribution in [0.15, 0.2) is 40.9 Å². The molecule has 1 aliphatic heterocycles. The van der Waals surface area contributed by atoms with Crippen LogP contribution in [0.4, 0.5) is 0 Å². The normalized spacial score (nSPS) is 18.7. The maximum atomic E-state index is 11.5. The third-order valence-electron chi connectivity index (χ3n) is 2.40. The van der Waals surface area contributed by atoms with Gasteiger partial charge in [-0.3, -0.25) is 4.98 Å². The summed E-state index contributed by atoms with van der Waals surface area (Å²) in [5, 5.41) is 3.94. The van der Waals surface area contributed by atoms with E-state index in [9.17, 15) is 4.21 Å². The number of benzene rings is 1. The van der Waals surface area contributed by atoms with Crippen LogP contribution in [0.1, 0.15) is 5.56 Å². The van der Waals surface area contributed by atoms with Crippen molar-refractivity contribution in [1.82, 2.24) is 4.98 Å². The molecule has 3 rings (SSSR count). The molecular weight excluding hydrogens is 194 g/mol. The molecule has 1 atom stereocenters. The van der Waals surface area contributed by atoms with Gasteiger partial charge in [0.15, 0.2) is 0 Å². The Kier molecular flexibility index (Phi) is 1.55. The zero-order valence-electron chi connectivity index (χ0n) is 7.31. The highest BCUT2D eigenvalue weighted by Gasteiger charge is 2.14. The Balaban J connectivity index is 2.49. The molecule has 1 aromatic carbocycles. The maximum absolute atomic E-state index is 11.5. The van der Waals surface area contributed by atoms with Gasteiger partial charge in [-0.15, -0.1) is 0 Å². The highest BCUT2D eigenvalue weighted by atomic mass is 32.2. The van der Waals surface area contributed by atoms with Crippen LogP contribution in [0.5, 0.6) is 0 Å².